The van der Waals surface area contributed by atoms with Gasteiger partial charge in [-0.05, 0) is 30.3 Å². The fourth-order valence-corrected chi connectivity index (χ4v) is 4.32. The summed E-state index contributed by atoms with van der Waals surface area (Å²) in [6.07, 6.45) is 0. The van der Waals surface area contributed by atoms with E-state index in [1.54, 1.807) is 48.5 Å². The van der Waals surface area contributed by atoms with Gasteiger partial charge >= 0.3 is 11.9 Å². The van der Waals surface area contributed by atoms with E-state index in [4.69, 9.17) is 9.47 Å². The van der Waals surface area contributed by atoms with Gasteiger partial charge in [-0.3, -0.25) is 0 Å². The van der Waals surface area contributed by atoms with Crippen LogP contribution in [0.5, 0.6) is 11.5 Å². The molecule has 0 aliphatic rings. The molecule has 0 atom stereocenters. The lowest BCUT2D eigenvalue weighted by Gasteiger charge is -2.17. The van der Waals surface area contributed by atoms with Gasteiger partial charge in [0.1, 0.15) is 11.5 Å². The molecule has 0 saturated carbocycles. The highest BCUT2D eigenvalue weighted by atomic mass is 79.9. The highest BCUT2D eigenvalue weighted by Gasteiger charge is 2.22. The predicted octanol–water partition coefficient (Wildman–Crippen LogP) is 7.19. The molecule has 0 amide bonds. The van der Waals surface area contributed by atoms with Crippen LogP contribution in [0.2, 0.25) is 0 Å². The minimum Gasteiger partial charge on any atom is -0.422 e. The summed E-state index contributed by atoms with van der Waals surface area (Å²) in [6, 6.07) is 30.6. The Morgan fingerprint density at radius 1 is 0.515 bits per heavy atom. The molecule has 0 bridgehead atoms. The van der Waals surface area contributed by atoms with E-state index >= 15 is 0 Å². The van der Waals surface area contributed by atoms with Crippen LogP contribution >= 0.6 is 15.9 Å². The van der Waals surface area contributed by atoms with Crippen LogP contribution in [0.25, 0.3) is 21.5 Å². The maximum atomic E-state index is 12.9. The fourth-order valence-electron chi connectivity index (χ4n) is 3.77. The number of esters is 2. The summed E-state index contributed by atoms with van der Waals surface area (Å²) in [6.45, 7) is 0. The Morgan fingerprint density at radius 2 is 0.970 bits per heavy atom. The van der Waals surface area contributed by atoms with Crippen molar-refractivity contribution in [2.75, 3.05) is 0 Å². The summed E-state index contributed by atoms with van der Waals surface area (Å²) in [4.78, 5) is 25.9. The molecule has 0 saturated heterocycles. The van der Waals surface area contributed by atoms with Crippen LogP contribution in [0, 0.1) is 0 Å². The van der Waals surface area contributed by atoms with Crippen molar-refractivity contribution in [1.29, 1.82) is 0 Å². The fraction of sp³-hybridized carbons (Fsp3) is 0. The van der Waals surface area contributed by atoms with Gasteiger partial charge in [-0.25, -0.2) is 9.59 Å². The first kappa shape index (κ1) is 20.9. The van der Waals surface area contributed by atoms with Crippen molar-refractivity contribution >= 4 is 49.4 Å². The Balaban J connectivity index is 1.71. The van der Waals surface area contributed by atoms with Crippen LogP contribution in [0.3, 0.4) is 0 Å². The Kier molecular flexibility index (Phi) is 5.63. The molecule has 0 aromatic heterocycles. The second-order valence-corrected chi connectivity index (χ2v) is 8.23. The molecule has 5 aromatic rings. The van der Waals surface area contributed by atoms with E-state index in [1.165, 1.54) is 0 Å². The van der Waals surface area contributed by atoms with Crippen molar-refractivity contribution in [3.8, 4) is 11.5 Å². The molecular formula is C28H17BrO4. The average Bonchev–Trinajstić information content (AvgIpc) is 2.87. The van der Waals surface area contributed by atoms with Gasteiger partial charge in [0, 0.05) is 26.0 Å². The van der Waals surface area contributed by atoms with Crippen molar-refractivity contribution in [1.82, 2.24) is 0 Å². The van der Waals surface area contributed by atoms with Crippen LogP contribution < -0.4 is 9.47 Å². The second-order valence-electron chi connectivity index (χ2n) is 7.38. The van der Waals surface area contributed by atoms with E-state index in [0.717, 1.165) is 4.47 Å². The van der Waals surface area contributed by atoms with Gasteiger partial charge in [-0.15, -0.1) is 0 Å². The van der Waals surface area contributed by atoms with E-state index in [2.05, 4.69) is 15.9 Å². The molecule has 0 aliphatic heterocycles. The summed E-state index contributed by atoms with van der Waals surface area (Å²) in [5.74, 6) is -0.111. The van der Waals surface area contributed by atoms with Gasteiger partial charge in [0.2, 0.25) is 0 Å². The molecule has 0 unspecified atom stereocenters. The first-order valence-corrected chi connectivity index (χ1v) is 11.1. The lowest BCUT2D eigenvalue weighted by atomic mass is 10.0. The second kappa shape index (κ2) is 8.88. The number of carbonyl (C=O) groups is 2. The van der Waals surface area contributed by atoms with Crippen LogP contribution in [-0.4, -0.2) is 11.9 Å². The van der Waals surface area contributed by atoms with E-state index in [1.807, 2.05) is 54.6 Å². The van der Waals surface area contributed by atoms with Crippen molar-refractivity contribution in [3.05, 3.63) is 119 Å². The largest absolute Gasteiger partial charge is 0.422 e. The van der Waals surface area contributed by atoms with Crippen LogP contribution in [0.15, 0.2) is 108 Å². The van der Waals surface area contributed by atoms with Gasteiger partial charge in [0.15, 0.2) is 0 Å². The van der Waals surface area contributed by atoms with E-state index < -0.39 is 11.9 Å². The van der Waals surface area contributed by atoms with Gasteiger partial charge in [-0.2, -0.15) is 0 Å². The van der Waals surface area contributed by atoms with Gasteiger partial charge in [0.25, 0.3) is 0 Å². The summed E-state index contributed by atoms with van der Waals surface area (Å²) in [7, 11) is 0. The molecule has 0 spiro atoms. The zero-order valence-electron chi connectivity index (χ0n) is 17.3. The summed E-state index contributed by atoms with van der Waals surface area (Å²) in [5, 5.41) is 2.64. The maximum absolute atomic E-state index is 12.9. The Labute approximate surface area is 198 Å². The molecular weight excluding hydrogens is 480 g/mol. The number of carbonyl (C=O) groups excluding carboxylic acids is 2. The highest BCUT2D eigenvalue weighted by molar-refractivity contribution is 9.10. The monoisotopic (exact) mass is 496 g/mol. The summed E-state index contributed by atoms with van der Waals surface area (Å²) >= 11 is 3.59. The smallest absolute Gasteiger partial charge is 0.343 e. The third-order valence-electron chi connectivity index (χ3n) is 5.31. The zero-order chi connectivity index (χ0) is 22.8. The molecule has 0 aliphatic carbocycles. The van der Waals surface area contributed by atoms with Crippen molar-refractivity contribution in [2.24, 2.45) is 0 Å². The first-order valence-electron chi connectivity index (χ1n) is 10.3. The van der Waals surface area contributed by atoms with E-state index in [-0.39, 0.29) is 0 Å². The van der Waals surface area contributed by atoms with Crippen LogP contribution in [0.4, 0.5) is 0 Å². The molecule has 5 aromatic carbocycles. The number of rotatable bonds is 4. The number of hydrogen-bond donors (Lipinski definition) is 0. The Hall–Kier alpha value is -3.96. The van der Waals surface area contributed by atoms with E-state index in [9.17, 15) is 9.59 Å². The lowest BCUT2D eigenvalue weighted by Crippen LogP contribution is -2.11. The zero-order valence-corrected chi connectivity index (χ0v) is 18.9. The lowest BCUT2D eigenvalue weighted by molar-refractivity contribution is 0.0726. The molecule has 5 rings (SSSR count). The Morgan fingerprint density at radius 3 is 1.55 bits per heavy atom. The number of halogens is 1. The highest BCUT2D eigenvalue weighted by Crippen LogP contribution is 2.45. The van der Waals surface area contributed by atoms with Gasteiger partial charge in [0.05, 0.1) is 11.1 Å². The molecule has 0 N–H and O–H groups in total. The third-order valence-corrected chi connectivity index (χ3v) is 5.97. The number of benzene rings is 5. The van der Waals surface area contributed by atoms with Crippen molar-refractivity contribution in [2.45, 2.75) is 0 Å². The van der Waals surface area contributed by atoms with Crippen LogP contribution in [-0.2, 0) is 0 Å². The van der Waals surface area contributed by atoms with E-state index in [0.29, 0.717) is 44.2 Å². The maximum Gasteiger partial charge on any atom is 0.343 e. The van der Waals surface area contributed by atoms with Gasteiger partial charge in [-0.1, -0.05) is 88.7 Å². The normalized spacial score (nSPS) is 10.8. The predicted molar refractivity (Wildman–Crippen MR) is 132 cm³/mol. The molecule has 0 radical (unpaired) electrons. The average molecular weight is 497 g/mol. The van der Waals surface area contributed by atoms with Gasteiger partial charge < -0.3 is 9.47 Å². The standard InChI is InChI=1S/C28H17BrO4/c29-23-17-9-16-22-24(23)26(33-28(31)19-12-5-2-6-13-19)21-15-8-7-14-20(21)25(22)32-27(30)18-10-3-1-4-11-18/h1-17H. The molecule has 33 heavy (non-hydrogen) atoms. The Bertz CT molecular complexity index is 1490. The van der Waals surface area contributed by atoms with Crippen molar-refractivity contribution < 1.29 is 19.1 Å². The quantitative estimate of drug-likeness (QED) is 0.150. The molecule has 5 heteroatoms. The molecule has 0 heterocycles. The summed E-state index contributed by atoms with van der Waals surface area (Å²) < 4.78 is 12.6. The molecule has 4 nitrogen and oxygen atoms in total. The minimum absolute atomic E-state index is 0.404. The third kappa shape index (κ3) is 3.99. The topological polar surface area (TPSA) is 52.6 Å². The number of ether oxygens (including phenoxy) is 2. The number of hydrogen-bond acceptors (Lipinski definition) is 4. The van der Waals surface area contributed by atoms with Crippen molar-refractivity contribution in [3.63, 3.8) is 0 Å². The van der Waals surface area contributed by atoms with Crippen LogP contribution in [0.1, 0.15) is 20.7 Å². The summed E-state index contributed by atoms with van der Waals surface area (Å²) in [5.41, 5.74) is 0.894. The number of fused-ring (bicyclic) bond motifs is 2. The first-order chi connectivity index (χ1) is 16.1. The SMILES string of the molecule is O=C(Oc1c2ccccc2c(OC(=O)c2ccccc2)c2c(Br)cccc12)c1ccccc1. The molecule has 160 valence electrons. The minimum atomic E-state index is -0.466. The molecule has 0 fully saturated rings.